The summed E-state index contributed by atoms with van der Waals surface area (Å²) in [4.78, 5) is 15.5. The SMILES string of the molecule is CNC(=O)c1cnc(Cl)cc1NC1CCC1. The van der Waals surface area contributed by atoms with Gasteiger partial charge in [0.25, 0.3) is 5.91 Å². The van der Waals surface area contributed by atoms with Crippen molar-refractivity contribution in [3.63, 3.8) is 0 Å². The van der Waals surface area contributed by atoms with Crippen LogP contribution in [0.5, 0.6) is 0 Å². The summed E-state index contributed by atoms with van der Waals surface area (Å²) in [6, 6.07) is 2.16. The van der Waals surface area contributed by atoms with E-state index in [4.69, 9.17) is 11.6 Å². The van der Waals surface area contributed by atoms with Gasteiger partial charge in [0.15, 0.2) is 0 Å². The molecule has 0 saturated heterocycles. The van der Waals surface area contributed by atoms with Crippen molar-refractivity contribution >= 4 is 23.2 Å². The third kappa shape index (κ3) is 2.27. The van der Waals surface area contributed by atoms with Crippen LogP contribution in [0.3, 0.4) is 0 Å². The molecule has 0 spiro atoms. The minimum absolute atomic E-state index is 0.147. The highest BCUT2D eigenvalue weighted by Crippen LogP contribution is 2.26. The van der Waals surface area contributed by atoms with Gasteiger partial charge in [0, 0.05) is 19.3 Å². The Labute approximate surface area is 99.4 Å². The lowest BCUT2D eigenvalue weighted by atomic mass is 9.93. The van der Waals surface area contributed by atoms with Gasteiger partial charge in [-0.15, -0.1) is 0 Å². The van der Waals surface area contributed by atoms with E-state index in [1.165, 1.54) is 12.6 Å². The molecule has 1 aliphatic rings. The van der Waals surface area contributed by atoms with Crippen LogP contribution in [0.2, 0.25) is 5.15 Å². The van der Waals surface area contributed by atoms with Gasteiger partial charge < -0.3 is 10.6 Å². The van der Waals surface area contributed by atoms with Crippen LogP contribution in [0.15, 0.2) is 12.3 Å². The summed E-state index contributed by atoms with van der Waals surface area (Å²) in [7, 11) is 1.60. The van der Waals surface area contributed by atoms with Crippen LogP contribution in [-0.4, -0.2) is 24.0 Å². The molecule has 0 atom stereocenters. The Morgan fingerprint density at radius 2 is 2.31 bits per heavy atom. The zero-order valence-electron chi connectivity index (χ0n) is 9.09. The van der Waals surface area contributed by atoms with Gasteiger partial charge in [-0.25, -0.2) is 4.98 Å². The summed E-state index contributed by atoms with van der Waals surface area (Å²) in [5, 5.41) is 6.30. The minimum Gasteiger partial charge on any atom is -0.382 e. The number of carbonyl (C=O) groups is 1. The van der Waals surface area contributed by atoms with E-state index < -0.39 is 0 Å². The third-order valence-corrected chi connectivity index (χ3v) is 3.01. The molecule has 1 fully saturated rings. The van der Waals surface area contributed by atoms with Gasteiger partial charge >= 0.3 is 0 Å². The number of nitrogens with one attached hydrogen (secondary N) is 2. The van der Waals surface area contributed by atoms with Crippen LogP contribution in [0.1, 0.15) is 29.6 Å². The molecule has 0 bridgehead atoms. The second-order valence-electron chi connectivity index (χ2n) is 3.90. The normalized spacial score (nSPS) is 15.4. The number of aromatic nitrogens is 1. The molecular weight excluding hydrogens is 226 g/mol. The highest BCUT2D eigenvalue weighted by atomic mass is 35.5. The van der Waals surface area contributed by atoms with Crippen molar-refractivity contribution in [2.24, 2.45) is 0 Å². The molecule has 0 radical (unpaired) electrons. The lowest BCUT2D eigenvalue weighted by Crippen LogP contribution is -2.29. The zero-order valence-corrected chi connectivity index (χ0v) is 9.84. The van der Waals surface area contributed by atoms with Gasteiger partial charge in [-0.1, -0.05) is 11.6 Å². The number of carbonyl (C=O) groups excluding carboxylic acids is 1. The van der Waals surface area contributed by atoms with E-state index in [9.17, 15) is 4.79 Å². The van der Waals surface area contributed by atoms with Crippen molar-refractivity contribution in [2.45, 2.75) is 25.3 Å². The Morgan fingerprint density at radius 1 is 1.56 bits per heavy atom. The van der Waals surface area contributed by atoms with Gasteiger partial charge in [0.1, 0.15) is 5.15 Å². The van der Waals surface area contributed by atoms with Crippen molar-refractivity contribution < 1.29 is 4.79 Å². The summed E-state index contributed by atoms with van der Waals surface area (Å²) in [5.41, 5.74) is 1.31. The molecule has 2 N–H and O–H groups in total. The number of hydrogen-bond donors (Lipinski definition) is 2. The minimum atomic E-state index is -0.147. The van der Waals surface area contributed by atoms with Crippen LogP contribution < -0.4 is 10.6 Å². The monoisotopic (exact) mass is 239 g/mol. The Kier molecular flexibility index (Phi) is 3.29. The van der Waals surface area contributed by atoms with E-state index >= 15 is 0 Å². The summed E-state index contributed by atoms with van der Waals surface area (Å²) >= 11 is 5.83. The number of anilines is 1. The number of hydrogen-bond acceptors (Lipinski definition) is 3. The fourth-order valence-electron chi connectivity index (χ4n) is 1.64. The number of amides is 1. The van der Waals surface area contributed by atoms with Gasteiger partial charge in [-0.05, 0) is 25.3 Å². The van der Waals surface area contributed by atoms with E-state index in [-0.39, 0.29) is 5.91 Å². The summed E-state index contributed by atoms with van der Waals surface area (Å²) < 4.78 is 0. The van der Waals surface area contributed by atoms with E-state index in [1.807, 2.05) is 0 Å². The van der Waals surface area contributed by atoms with E-state index in [2.05, 4.69) is 15.6 Å². The zero-order chi connectivity index (χ0) is 11.5. The number of halogens is 1. The molecule has 2 rings (SSSR count). The second-order valence-corrected chi connectivity index (χ2v) is 4.29. The molecule has 0 aromatic carbocycles. The first kappa shape index (κ1) is 11.2. The first-order valence-corrected chi connectivity index (χ1v) is 5.72. The van der Waals surface area contributed by atoms with E-state index in [0.29, 0.717) is 16.8 Å². The molecule has 1 amide bonds. The molecule has 0 aliphatic heterocycles. The largest absolute Gasteiger partial charge is 0.382 e. The van der Waals surface area contributed by atoms with E-state index in [1.54, 1.807) is 13.1 Å². The first-order valence-electron chi connectivity index (χ1n) is 5.35. The molecule has 1 aromatic heterocycles. The topological polar surface area (TPSA) is 54.0 Å². The fraction of sp³-hybridized carbons (Fsp3) is 0.455. The van der Waals surface area contributed by atoms with Gasteiger partial charge in [-0.3, -0.25) is 4.79 Å². The van der Waals surface area contributed by atoms with Crippen LogP contribution in [0.4, 0.5) is 5.69 Å². The molecular formula is C11H14ClN3O. The van der Waals surface area contributed by atoms with Crippen LogP contribution in [0, 0.1) is 0 Å². The lowest BCUT2D eigenvalue weighted by Gasteiger charge is -2.28. The molecule has 1 aliphatic carbocycles. The third-order valence-electron chi connectivity index (χ3n) is 2.81. The fourth-order valence-corrected chi connectivity index (χ4v) is 1.80. The smallest absolute Gasteiger partial charge is 0.254 e. The summed E-state index contributed by atoms with van der Waals surface area (Å²) in [6.07, 6.45) is 5.04. The molecule has 1 aromatic rings. The average molecular weight is 240 g/mol. The highest BCUT2D eigenvalue weighted by molar-refractivity contribution is 6.29. The predicted molar refractivity (Wildman–Crippen MR) is 63.9 cm³/mol. The average Bonchev–Trinajstić information content (AvgIpc) is 2.22. The maximum absolute atomic E-state index is 11.6. The molecule has 1 heterocycles. The molecule has 86 valence electrons. The molecule has 1 saturated carbocycles. The van der Waals surface area contributed by atoms with Crippen molar-refractivity contribution in [3.05, 3.63) is 23.0 Å². The molecule has 16 heavy (non-hydrogen) atoms. The standard InChI is InChI=1S/C11H14ClN3O/c1-13-11(16)8-6-14-10(12)5-9(8)15-7-3-2-4-7/h5-7H,2-4H2,1H3,(H,13,16)(H,14,15). The maximum Gasteiger partial charge on any atom is 0.254 e. The Balaban J connectivity index is 2.24. The van der Waals surface area contributed by atoms with Crippen LogP contribution >= 0.6 is 11.6 Å². The maximum atomic E-state index is 11.6. The summed E-state index contributed by atoms with van der Waals surface area (Å²) in [6.45, 7) is 0. The Morgan fingerprint density at radius 3 is 2.88 bits per heavy atom. The second kappa shape index (κ2) is 4.70. The van der Waals surface area contributed by atoms with E-state index in [0.717, 1.165) is 18.5 Å². The van der Waals surface area contributed by atoms with Crippen molar-refractivity contribution in [3.8, 4) is 0 Å². The Hall–Kier alpha value is -1.29. The summed E-state index contributed by atoms with van der Waals surface area (Å²) in [5.74, 6) is -0.147. The lowest BCUT2D eigenvalue weighted by molar-refractivity contribution is 0.0963. The highest BCUT2D eigenvalue weighted by Gasteiger charge is 2.20. The van der Waals surface area contributed by atoms with Crippen LogP contribution in [-0.2, 0) is 0 Å². The molecule has 4 nitrogen and oxygen atoms in total. The van der Waals surface area contributed by atoms with Gasteiger partial charge in [0.2, 0.25) is 0 Å². The number of nitrogens with zero attached hydrogens (tertiary/aromatic N) is 1. The molecule has 0 unspecified atom stereocenters. The Bertz CT molecular complexity index is 404. The van der Waals surface area contributed by atoms with Crippen molar-refractivity contribution in [1.29, 1.82) is 0 Å². The van der Waals surface area contributed by atoms with Crippen molar-refractivity contribution in [1.82, 2.24) is 10.3 Å². The first-order chi connectivity index (χ1) is 7.70. The van der Waals surface area contributed by atoms with Gasteiger partial charge in [-0.2, -0.15) is 0 Å². The number of pyridine rings is 1. The van der Waals surface area contributed by atoms with Crippen molar-refractivity contribution in [2.75, 3.05) is 12.4 Å². The van der Waals surface area contributed by atoms with Crippen LogP contribution in [0.25, 0.3) is 0 Å². The number of rotatable bonds is 3. The predicted octanol–water partition coefficient (Wildman–Crippen LogP) is 2.06. The quantitative estimate of drug-likeness (QED) is 0.794. The van der Waals surface area contributed by atoms with Gasteiger partial charge in [0.05, 0.1) is 11.3 Å². The molecule has 5 heteroatoms.